The van der Waals surface area contributed by atoms with E-state index < -0.39 is 5.25 Å². The number of aromatic nitrogens is 2. The molecule has 0 radical (unpaired) electrons. The van der Waals surface area contributed by atoms with Crippen LogP contribution in [0.2, 0.25) is 0 Å². The van der Waals surface area contributed by atoms with Crippen LogP contribution in [-0.4, -0.2) is 45.4 Å². The lowest BCUT2D eigenvalue weighted by molar-refractivity contribution is -0.126. The third-order valence-corrected chi connectivity index (χ3v) is 5.78. The molecule has 1 aromatic heterocycles. The van der Waals surface area contributed by atoms with Gasteiger partial charge in [0.15, 0.2) is 4.34 Å². The summed E-state index contributed by atoms with van der Waals surface area (Å²) in [5, 5.41) is 14.3. The summed E-state index contributed by atoms with van der Waals surface area (Å²) in [6.07, 6.45) is 1.00. The summed E-state index contributed by atoms with van der Waals surface area (Å²) < 4.78 is 0.688. The van der Waals surface area contributed by atoms with E-state index in [1.807, 2.05) is 12.1 Å². The third-order valence-electron chi connectivity index (χ3n) is 3.77. The number of nitrogens with zero attached hydrogens (tertiary/aromatic N) is 3. The minimum Gasteiger partial charge on any atom is -0.336 e. The maximum absolute atomic E-state index is 12.3. The molecular weight excluding hydrogens is 358 g/mol. The Kier molecular flexibility index (Phi) is 5.54. The molecule has 1 aliphatic heterocycles. The van der Waals surface area contributed by atoms with Gasteiger partial charge < -0.3 is 10.6 Å². The van der Waals surface area contributed by atoms with Gasteiger partial charge in [0.1, 0.15) is 0 Å². The number of benzene rings is 1. The second-order valence-electron chi connectivity index (χ2n) is 5.53. The molecule has 0 aliphatic carbocycles. The number of hydrogen-bond donors (Lipinski definition) is 2. The van der Waals surface area contributed by atoms with E-state index in [-0.39, 0.29) is 11.9 Å². The van der Waals surface area contributed by atoms with Crippen LogP contribution in [0.4, 0.5) is 15.6 Å². The first-order chi connectivity index (χ1) is 12.1. The van der Waals surface area contributed by atoms with E-state index in [2.05, 4.69) is 39.9 Å². The van der Waals surface area contributed by atoms with Crippen LogP contribution in [0.25, 0.3) is 0 Å². The lowest BCUT2D eigenvalue weighted by atomic mass is 10.1. The lowest BCUT2D eigenvalue weighted by Gasteiger charge is -2.16. The number of carbonyl (C=O) groups is 2. The van der Waals surface area contributed by atoms with Crippen molar-refractivity contribution < 1.29 is 9.59 Å². The Balaban J connectivity index is 1.59. The molecule has 0 spiro atoms. The molecule has 9 heteroatoms. The Hall–Kier alpha value is -2.13. The maximum Gasteiger partial charge on any atom is 0.324 e. The Bertz CT molecular complexity index is 762. The van der Waals surface area contributed by atoms with Crippen LogP contribution >= 0.6 is 23.1 Å². The van der Waals surface area contributed by atoms with Crippen molar-refractivity contribution in [3.05, 3.63) is 29.8 Å². The average Bonchev–Trinajstić information content (AvgIpc) is 3.23. The number of amides is 3. The SMILES string of the molecule is CCc1ccc(Nc2nnc(S[C@@H](C)C(=O)N3CCNC3=O)s2)cc1. The monoisotopic (exact) mass is 377 g/mol. The maximum atomic E-state index is 12.3. The van der Waals surface area contributed by atoms with E-state index in [9.17, 15) is 9.59 Å². The molecule has 2 N–H and O–H groups in total. The zero-order chi connectivity index (χ0) is 17.8. The van der Waals surface area contributed by atoms with Gasteiger partial charge in [0, 0.05) is 18.8 Å². The van der Waals surface area contributed by atoms with Crippen LogP contribution < -0.4 is 10.6 Å². The van der Waals surface area contributed by atoms with Gasteiger partial charge in [0.05, 0.1) is 5.25 Å². The largest absolute Gasteiger partial charge is 0.336 e. The van der Waals surface area contributed by atoms with E-state index in [0.29, 0.717) is 22.6 Å². The molecule has 1 fully saturated rings. The molecule has 1 saturated heterocycles. The number of carbonyl (C=O) groups excluding carboxylic acids is 2. The molecule has 1 aromatic carbocycles. The van der Waals surface area contributed by atoms with E-state index >= 15 is 0 Å². The number of thioether (sulfide) groups is 1. The number of anilines is 2. The standard InChI is InChI=1S/C16H19N5O2S2/c1-3-11-4-6-12(7-5-11)18-14-19-20-16(25-14)24-10(2)13(22)21-9-8-17-15(21)23/h4-7,10H,3,8-9H2,1-2H3,(H,17,23)(H,18,19)/t10-/m0/s1. The van der Waals surface area contributed by atoms with Crippen molar-refractivity contribution in [2.45, 2.75) is 29.9 Å². The van der Waals surface area contributed by atoms with Gasteiger partial charge in [-0.2, -0.15) is 0 Å². The Morgan fingerprint density at radius 3 is 2.80 bits per heavy atom. The molecule has 2 aromatic rings. The molecular formula is C16H19N5O2S2. The van der Waals surface area contributed by atoms with Crippen molar-refractivity contribution in [1.29, 1.82) is 0 Å². The summed E-state index contributed by atoms with van der Waals surface area (Å²) in [6.45, 7) is 4.81. The third kappa shape index (κ3) is 4.29. The molecule has 25 heavy (non-hydrogen) atoms. The minimum atomic E-state index is -0.395. The highest BCUT2D eigenvalue weighted by atomic mass is 32.2. The van der Waals surface area contributed by atoms with Crippen molar-refractivity contribution in [1.82, 2.24) is 20.4 Å². The number of hydrogen-bond acceptors (Lipinski definition) is 7. The summed E-state index contributed by atoms with van der Waals surface area (Å²) >= 11 is 2.70. The van der Waals surface area contributed by atoms with Crippen molar-refractivity contribution in [3.63, 3.8) is 0 Å². The normalized spacial score (nSPS) is 15.1. The van der Waals surface area contributed by atoms with Crippen molar-refractivity contribution in [2.75, 3.05) is 18.4 Å². The number of aryl methyl sites for hydroxylation is 1. The van der Waals surface area contributed by atoms with E-state index in [1.54, 1.807) is 6.92 Å². The summed E-state index contributed by atoms with van der Waals surface area (Å²) in [4.78, 5) is 25.1. The number of urea groups is 1. The minimum absolute atomic E-state index is 0.208. The zero-order valence-electron chi connectivity index (χ0n) is 14.0. The second-order valence-corrected chi connectivity index (χ2v) is 8.10. The molecule has 0 bridgehead atoms. The first-order valence-electron chi connectivity index (χ1n) is 8.02. The summed E-state index contributed by atoms with van der Waals surface area (Å²) in [5.41, 5.74) is 2.22. The van der Waals surface area contributed by atoms with E-state index in [0.717, 1.165) is 12.1 Å². The zero-order valence-corrected chi connectivity index (χ0v) is 15.6. The Labute approximate surface area is 154 Å². The fourth-order valence-electron chi connectivity index (χ4n) is 2.36. The summed E-state index contributed by atoms with van der Waals surface area (Å²) in [7, 11) is 0. The van der Waals surface area contributed by atoms with Crippen LogP contribution in [0, 0.1) is 0 Å². The highest BCUT2D eigenvalue weighted by Crippen LogP contribution is 2.31. The topological polar surface area (TPSA) is 87.2 Å². The predicted molar refractivity (Wildman–Crippen MR) is 99.4 cm³/mol. The van der Waals surface area contributed by atoms with E-state index in [4.69, 9.17) is 0 Å². The van der Waals surface area contributed by atoms with Crippen LogP contribution in [0.1, 0.15) is 19.4 Å². The fourth-order valence-corrected chi connectivity index (χ4v) is 4.34. The molecule has 132 valence electrons. The van der Waals surface area contributed by atoms with Gasteiger partial charge in [0.2, 0.25) is 11.0 Å². The van der Waals surface area contributed by atoms with Gasteiger partial charge in [-0.25, -0.2) is 4.79 Å². The van der Waals surface area contributed by atoms with Gasteiger partial charge in [0.25, 0.3) is 0 Å². The molecule has 0 saturated carbocycles. The molecule has 1 aliphatic rings. The van der Waals surface area contributed by atoms with Crippen LogP contribution in [-0.2, 0) is 11.2 Å². The van der Waals surface area contributed by atoms with Crippen molar-refractivity contribution in [3.8, 4) is 0 Å². The van der Waals surface area contributed by atoms with Crippen molar-refractivity contribution in [2.24, 2.45) is 0 Å². The molecule has 1 atom stereocenters. The van der Waals surface area contributed by atoms with Crippen molar-refractivity contribution >= 4 is 45.9 Å². The smallest absolute Gasteiger partial charge is 0.324 e. The summed E-state index contributed by atoms with van der Waals surface area (Å²) in [6, 6.07) is 7.82. The van der Waals surface area contributed by atoms with Crippen LogP contribution in [0.15, 0.2) is 28.6 Å². The van der Waals surface area contributed by atoms with Gasteiger partial charge in [-0.05, 0) is 31.0 Å². The number of nitrogens with one attached hydrogen (secondary N) is 2. The van der Waals surface area contributed by atoms with Gasteiger partial charge in [-0.1, -0.05) is 42.2 Å². The lowest BCUT2D eigenvalue weighted by Crippen LogP contribution is -2.38. The van der Waals surface area contributed by atoms with Gasteiger partial charge in [-0.3, -0.25) is 9.69 Å². The quantitative estimate of drug-likeness (QED) is 0.753. The first kappa shape index (κ1) is 17.7. The highest BCUT2D eigenvalue weighted by Gasteiger charge is 2.30. The molecule has 2 heterocycles. The average molecular weight is 377 g/mol. The van der Waals surface area contributed by atoms with Crippen LogP contribution in [0.5, 0.6) is 0 Å². The first-order valence-corrected chi connectivity index (χ1v) is 9.71. The predicted octanol–water partition coefficient (Wildman–Crippen LogP) is 2.88. The highest BCUT2D eigenvalue weighted by molar-refractivity contribution is 8.02. The summed E-state index contributed by atoms with van der Waals surface area (Å²) in [5.74, 6) is -0.208. The Morgan fingerprint density at radius 2 is 2.16 bits per heavy atom. The van der Waals surface area contributed by atoms with Crippen LogP contribution in [0.3, 0.4) is 0 Å². The van der Waals surface area contributed by atoms with E-state index in [1.165, 1.54) is 33.6 Å². The van der Waals surface area contributed by atoms with Gasteiger partial charge >= 0.3 is 6.03 Å². The Morgan fingerprint density at radius 1 is 1.40 bits per heavy atom. The number of rotatable bonds is 6. The molecule has 3 rings (SSSR count). The number of imide groups is 1. The second kappa shape index (κ2) is 7.83. The molecule has 7 nitrogen and oxygen atoms in total. The van der Waals surface area contributed by atoms with Gasteiger partial charge in [-0.15, -0.1) is 10.2 Å². The molecule has 3 amide bonds. The fraction of sp³-hybridized carbons (Fsp3) is 0.375. The molecule has 0 unspecified atom stereocenters.